The maximum atomic E-state index is 13.7. The quantitative estimate of drug-likeness (QED) is 0.826. The molecule has 1 aliphatic heterocycles. The van der Waals surface area contributed by atoms with Crippen molar-refractivity contribution in [2.24, 2.45) is 0 Å². The third-order valence-electron chi connectivity index (χ3n) is 4.36. The third kappa shape index (κ3) is 3.03. The number of carboxylic acids is 1. The van der Waals surface area contributed by atoms with Gasteiger partial charge in [0, 0.05) is 11.1 Å². The number of likely N-dealkylation sites (tertiary alicyclic amines) is 1. The Morgan fingerprint density at radius 1 is 1.38 bits per heavy atom. The molecule has 1 aliphatic rings. The van der Waals surface area contributed by atoms with Crippen molar-refractivity contribution in [1.82, 2.24) is 4.90 Å². The summed E-state index contributed by atoms with van der Waals surface area (Å²) in [5, 5.41) is 9.88. The molecule has 21 heavy (non-hydrogen) atoms. The van der Waals surface area contributed by atoms with E-state index >= 15 is 0 Å². The van der Waals surface area contributed by atoms with Crippen LogP contribution in [-0.2, 0) is 4.79 Å². The lowest BCUT2D eigenvalue weighted by Gasteiger charge is -2.45. The summed E-state index contributed by atoms with van der Waals surface area (Å²) in [6.45, 7) is 4.21. The normalized spacial score (nSPS) is 24.8. The molecule has 0 spiro atoms. The lowest BCUT2D eigenvalue weighted by Crippen LogP contribution is -2.55. The van der Waals surface area contributed by atoms with E-state index in [-0.39, 0.29) is 11.1 Å². The lowest BCUT2D eigenvalue weighted by molar-refractivity contribution is -0.155. The van der Waals surface area contributed by atoms with Gasteiger partial charge in [0.1, 0.15) is 11.4 Å². The zero-order valence-electron chi connectivity index (χ0n) is 12.0. The van der Waals surface area contributed by atoms with Crippen LogP contribution in [-0.4, -0.2) is 28.1 Å². The minimum Gasteiger partial charge on any atom is -0.480 e. The zero-order valence-corrected chi connectivity index (χ0v) is 13.5. The van der Waals surface area contributed by atoms with Gasteiger partial charge >= 0.3 is 5.97 Å². The molecule has 2 unspecified atom stereocenters. The molecule has 1 aromatic carbocycles. The van der Waals surface area contributed by atoms with Crippen molar-refractivity contribution in [2.45, 2.75) is 44.7 Å². The Kier molecular flexibility index (Phi) is 4.81. The average molecular weight is 334 g/mol. The van der Waals surface area contributed by atoms with Crippen LogP contribution in [0.2, 0.25) is 10.0 Å². The largest absolute Gasteiger partial charge is 0.480 e. The first-order valence-electron chi connectivity index (χ1n) is 6.92. The average Bonchev–Trinajstić information content (AvgIpc) is 2.42. The summed E-state index contributed by atoms with van der Waals surface area (Å²) in [5.41, 5.74) is -0.398. The van der Waals surface area contributed by atoms with Crippen molar-refractivity contribution >= 4 is 29.2 Å². The van der Waals surface area contributed by atoms with E-state index in [1.807, 2.05) is 11.8 Å². The standard InChI is InChI=1S/C15H18Cl2FNO2/c1-9(10-7-13(18)12(17)8-11(10)16)19-6-4-3-5-15(19,2)14(20)21/h7-9H,3-6H2,1-2H3,(H,20,21). The van der Waals surface area contributed by atoms with Crippen LogP contribution in [0.4, 0.5) is 4.39 Å². The van der Waals surface area contributed by atoms with Gasteiger partial charge < -0.3 is 5.11 Å². The molecule has 1 saturated heterocycles. The first kappa shape index (κ1) is 16.5. The summed E-state index contributed by atoms with van der Waals surface area (Å²) in [6, 6.07) is 2.36. The van der Waals surface area contributed by atoms with Gasteiger partial charge in [-0.3, -0.25) is 9.69 Å². The molecule has 0 bridgehead atoms. The molecular formula is C15H18Cl2FNO2. The van der Waals surface area contributed by atoms with Crippen molar-refractivity contribution in [1.29, 1.82) is 0 Å². The van der Waals surface area contributed by atoms with Gasteiger partial charge in [0.2, 0.25) is 0 Å². The lowest BCUT2D eigenvalue weighted by atomic mass is 9.86. The number of aliphatic carboxylic acids is 1. The summed E-state index contributed by atoms with van der Waals surface area (Å²) in [5.74, 6) is -1.41. The fraction of sp³-hybridized carbons (Fsp3) is 0.533. The summed E-state index contributed by atoms with van der Waals surface area (Å²) in [6.07, 6.45) is 2.36. The fourth-order valence-electron chi connectivity index (χ4n) is 3.02. The van der Waals surface area contributed by atoms with Crippen LogP contribution < -0.4 is 0 Å². The van der Waals surface area contributed by atoms with Gasteiger partial charge in [-0.15, -0.1) is 0 Å². The van der Waals surface area contributed by atoms with Gasteiger partial charge in [-0.2, -0.15) is 0 Å². The number of carboxylic acid groups (broad SMARTS) is 1. The van der Waals surface area contributed by atoms with Crippen LogP contribution in [0.15, 0.2) is 12.1 Å². The highest BCUT2D eigenvalue weighted by Crippen LogP contribution is 2.39. The zero-order chi connectivity index (χ0) is 15.8. The maximum absolute atomic E-state index is 13.7. The minimum atomic E-state index is -0.961. The van der Waals surface area contributed by atoms with Crippen molar-refractivity contribution in [2.75, 3.05) is 6.54 Å². The van der Waals surface area contributed by atoms with Gasteiger partial charge in [-0.05, 0) is 57.4 Å². The van der Waals surface area contributed by atoms with Gasteiger partial charge in [0.25, 0.3) is 0 Å². The van der Waals surface area contributed by atoms with Crippen molar-refractivity contribution < 1.29 is 14.3 Å². The number of piperidine rings is 1. The molecule has 2 atom stereocenters. The number of hydrogen-bond donors (Lipinski definition) is 1. The molecule has 3 nitrogen and oxygen atoms in total. The number of benzene rings is 1. The number of halogens is 3. The number of nitrogens with zero attached hydrogens (tertiary/aromatic N) is 1. The highest BCUT2D eigenvalue weighted by atomic mass is 35.5. The van der Waals surface area contributed by atoms with Crippen LogP contribution in [0.1, 0.15) is 44.7 Å². The van der Waals surface area contributed by atoms with Crippen LogP contribution in [0.25, 0.3) is 0 Å². The Morgan fingerprint density at radius 2 is 2.05 bits per heavy atom. The molecule has 0 aromatic heterocycles. The van der Waals surface area contributed by atoms with Crippen LogP contribution >= 0.6 is 23.2 Å². The molecule has 0 amide bonds. The maximum Gasteiger partial charge on any atom is 0.323 e. The van der Waals surface area contributed by atoms with Crippen LogP contribution in [0.5, 0.6) is 0 Å². The fourth-order valence-corrected chi connectivity index (χ4v) is 3.56. The van der Waals surface area contributed by atoms with E-state index in [2.05, 4.69) is 0 Å². The summed E-state index contributed by atoms with van der Waals surface area (Å²) >= 11 is 11.9. The van der Waals surface area contributed by atoms with Crippen molar-refractivity contribution in [3.8, 4) is 0 Å². The number of hydrogen-bond acceptors (Lipinski definition) is 2. The van der Waals surface area contributed by atoms with Gasteiger partial charge in [-0.1, -0.05) is 23.2 Å². The number of carbonyl (C=O) groups is 1. The Bertz CT molecular complexity index is 567. The minimum absolute atomic E-state index is 0.0319. The van der Waals surface area contributed by atoms with Crippen molar-refractivity contribution in [3.05, 3.63) is 33.6 Å². The Balaban J connectivity index is 2.40. The molecule has 1 aromatic rings. The van der Waals surface area contributed by atoms with E-state index in [4.69, 9.17) is 23.2 Å². The van der Waals surface area contributed by atoms with Gasteiger partial charge in [0.15, 0.2) is 0 Å². The van der Waals surface area contributed by atoms with Gasteiger partial charge in [0.05, 0.1) is 5.02 Å². The van der Waals surface area contributed by atoms with Crippen LogP contribution in [0, 0.1) is 5.82 Å². The molecule has 0 saturated carbocycles. The highest BCUT2D eigenvalue weighted by Gasteiger charge is 2.44. The van der Waals surface area contributed by atoms with E-state index in [0.29, 0.717) is 23.6 Å². The molecule has 0 aliphatic carbocycles. The SMILES string of the molecule is CC(c1cc(F)c(Cl)cc1Cl)N1CCCCC1(C)C(=O)O. The molecule has 2 rings (SSSR count). The molecular weight excluding hydrogens is 316 g/mol. The molecule has 116 valence electrons. The van der Waals surface area contributed by atoms with E-state index in [1.54, 1.807) is 6.92 Å². The monoisotopic (exact) mass is 333 g/mol. The Labute approximate surface area is 133 Å². The topological polar surface area (TPSA) is 40.5 Å². The Morgan fingerprint density at radius 3 is 2.67 bits per heavy atom. The van der Waals surface area contributed by atoms with E-state index in [9.17, 15) is 14.3 Å². The first-order chi connectivity index (χ1) is 9.77. The van der Waals surface area contributed by atoms with E-state index in [0.717, 1.165) is 12.8 Å². The number of rotatable bonds is 3. The molecule has 1 heterocycles. The second-order valence-electron chi connectivity index (χ2n) is 5.69. The smallest absolute Gasteiger partial charge is 0.323 e. The second kappa shape index (κ2) is 6.11. The summed E-state index contributed by atoms with van der Waals surface area (Å²) < 4.78 is 13.7. The van der Waals surface area contributed by atoms with Gasteiger partial charge in [-0.25, -0.2) is 4.39 Å². The highest BCUT2D eigenvalue weighted by molar-refractivity contribution is 6.35. The van der Waals surface area contributed by atoms with Crippen LogP contribution in [0.3, 0.4) is 0 Å². The predicted octanol–water partition coefficient (Wildman–Crippen LogP) is 4.52. The predicted molar refractivity (Wildman–Crippen MR) is 81.4 cm³/mol. The Hall–Kier alpha value is -0.840. The molecule has 0 radical (unpaired) electrons. The molecule has 1 N–H and O–H groups in total. The van der Waals surface area contributed by atoms with Crippen molar-refractivity contribution in [3.63, 3.8) is 0 Å². The van der Waals surface area contributed by atoms with E-state index < -0.39 is 17.3 Å². The second-order valence-corrected chi connectivity index (χ2v) is 6.51. The summed E-state index contributed by atoms with van der Waals surface area (Å²) in [7, 11) is 0. The molecule has 1 fully saturated rings. The third-order valence-corrected chi connectivity index (χ3v) is 4.98. The van der Waals surface area contributed by atoms with E-state index in [1.165, 1.54) is 12.1 Å². The summed E-state index contributed by atoms with van der Waals surface area (Å²) in [4.78, 5) is 13.5. The molecule has 6 heteroatoms. The first-order valence-corrected chi connectivity index (χ1v) is 7.67.